The van der Waals surface area contributed by atoms with Crippen molar-refractivity contribution in [3.63, 3.8) is 0 Å². The highest BCUT2D eigenvalue weighted by Gasteiger charge is 2.02. The lowest BCUT2D eigenvalue weighted by atomic mass is 10.4. The molecule has 1 heterocycles. The Bertz CT molecular complexity index is 238. The number of nitrogens with zero attached hydrogens (tertiary/aromatic N) is 2. The van der Waals surface area contributed by atoms with E-state index in [0.717, 1.165) is 0 Å². The maximum atomic E-state index is 5.32. The summed E-state index contributed by atoms with van der Waals surface area (Å²) in [6, 6.07) is 0. The summed E-state index contributed by atoms with van der Waals surface area (Å²) in [6.45, 7) is 0. The van der Waals surface area contributed by atoms with Crippen LogP contribution in [0.4, 0.5) is 23.3 Å². The maximum absolute atomic E-state index is 5.32. The van der Waals surface area contributed by atoms with E-state index in [-0.39, 0.29) is 28.7 Å². The number of hydrogen-bond acceptors (Lipinski definition) is 6. The molecule has 0 unspecified atom stereocenters. The Kier molecular flexibility index (Phi) is 2.42. The van der Waals surface area contributed by atoms with Gasteiger partial charge in [0, 0.05) is 0 Å². The molecule has 0 spiro atoms. The van der Waals surface area contributed by atoms with Gasteiger partial charge in [0.25, 0.3) is 0 Å². The summed E-state index contributed by atoms with van der Waals surface area (Å²) in [5.74, 6) is 0.263. The van der Waals surface area contributed by atoms with Crippen molar-refractivity contribution in [1.82, 2.24) is 9.97 Å². The second kappa shape index (κ2) is 2.88. The molecular formula is C4H10N6O. The molecule has 0 saturated carbocycles. The fourth-order valence-electron chi connectivity index (χ4n) is 0.523. The lowest BCUT2D eigenvalue weighted by molar-refractivity contribution is 0.824. The fraction of sp³-hybridized carbons (Fsp3) is 0. The van der Waals surface area contributed by atoms with E-state index >= 15 is 0 Å². The standard InChI is InChI=1S/C4H8N6.H2O/c5-1-2(6)9-4(8)10-3(1)7;/h5H2,(H6,6,7,8,9,10);1H2. The minimum Gasteiger partial charge on any atom is -0.412 e. The van der Waals surface area contributed by atoms with E-state index in [1.807, 2.05) is 0 Å². The van der Waals surface area contributed by atoms with Gasteiger partial charge in [-0.15, -0.1) is 0 Å². The van der Waals surface area contributed by atoms with Gasteiger partial charge in [-0.25, -0.2) is 0 Å². The quantitative estimate of drug-likeness (QED) is 0.340. The van der Waals surface area contributed by atoms with Crippen LogP contribution in [0.5, 0.6) is 0 Å². The van der Waals surface area contributed by atoms with E-state index < -0.39 is 0 Å². The van der Waals surface area contributed by atoms with E-state index in [9.17, 15) is 0 Å². The first kappa shape index (κ1) is 9.24. The predicted molar refractivity (Wildman–Crippen MR) is 43.3 cm³/mol. The first-order chi connectivity index (χ1) is 4.61. The Morgan fingerprint density at radius 1 is 0.818 bits per heavy atom. The van der Waals surface area contributed by atoms with Crippen LogP contribution in [-0.4, -0.2) is 15.4 Å². The first-order valence-corrected chi connectivity index (χ1v) is 2.55. The molecule has 0 aliphatic rings. The highest BCUT2D eigenvalue weighted by Crippen LogP contribution is 2.17. The SMILES string of the molecule is Nc1nc(N)c(N)c(N)n1.O. The van der Waals surface area contributed by atoms with Crippen molar-refractivity contribution in [3.05, 3.63) is 0 Å². The zero-order valence-corrected chi connectivity index (χ0v) is 5.70. The van der Waals surface area contributed by atoms with Crippen molar-refractivity contribution >= 4 is 23.3 Å². The molecule has 1 rings (SSSR count). The van der Waals surface area contributed by atoms with E-state index in [4.69, 9.17) is 22.9 Å². The molecule has 7 heteroatoms. The Labute approximate surface area is 62.7 Å². The summed E-state index contributed by atoms with van der Waals surface area (Å²) in [5.41, 5.74) is 21.3. The van der Waals surface area contributed by atoms with Crippen LogP contribution in [0.3, 0.4) is 0 Å². The lowest BCUT2D eigenvalue weighted by Crippen LogP contribution is -2.07. The molecule has 1 aromatic heterocycles. The molecule has 0 saturated heterocycles. The molecule has 0 atom stereocenters. The molecular weight excluding hydrogens is 148 g/mol. The van der Waals surface area contributed by atoms with Crippen molar-refractivity contribution in [2.45, 2.75) is 0 Å². The van der Waals surface area contributed by atoms with Gasteiger partial charge in [0.05, 0.1) is 0 Å². The van der Waals surface area contributed by atoms with Gasteiger partial charge in [0.1, 0.15) is 5.69 Å². The summed E-state index contributed by atoms with van der Waals surface area (Å²) < 4.78 is 0. The monoisotopic (exact) mass is 158 g/mol. The fourth-order valence-corrected chi connectivity index (χ4v) is 0.523. The summed E-state index contributed by atoms with van der Waals surface area (Å²) >= 11 is 0. The molecule has 11 heavy (non-hydrogen) atoms. The number of nitrogens with two attached hydrogens (primary N) is 4. The topological polar surface area (TPSA) is 161 Å². The summed E-state index contributed by atoms with van der Waals surface area (Å²) in [7, 11) is 0. The zero-order chi connectivity index (χ0) is 7.72. The third-order valence-corrected chi connectivity index (χ3v) is 1.02. The third kappa shape index (κ3) is 1.58. The maximum Gasteiger partial charge on any atom is 0.224 e. The zero-order valence-electron chi connectivity index (χ0n) is 5.70. The molecule has 0 radical (unpaired) electrons. The molecule has 10 N–H and O–H groups in total. The van der Waals surface area contributed by atoms with E-state index in [1.54, 1.807) is 0 Å². The molecule has 0 amide bonds. The van der Waals surface area contributed by atoms with E-state index in [1.165, 1.54) is 0 Å². The smallest absolute Gasteiger partial charge is 0.224 e. The van der Waals surface area contributed by atoms with Gasteiger partial charge in [0.2, 0.25) is 5.95 Å². The molecule has 0 aromatic carbocycles. The molecule has 62 valence electrons. The van der Waals surface area contributed by atoms with Gasteiger partial charge in [0.15, 0.2) is 11.6 Å². The van der Waals surface area contributed by atoms with Crippen molar-refractivity contribution in [1.29, 1.82) is 0 Å². The second-order valence-corrected chi connectivity index (χ2v) is 1.77. The van der Waals surface area contributed by atoms with Crippen molar-refractivity contribution in [2.75, 3.05) is 22.9 Å². The van der Waals surface area contributed by atoms with Crippen molar-refractivity contribution in [2.24, 2.45) is 0 Å². The Balaban J connectivity index is 0.000001000. The number of anilines is 4. The van der Waals surface area contributed by atoms with Crippen molar-refractivity contribution < 1.29 is 5.48 Å². The molecule has 0 bridgehead atoms. The van der Waals surface area contributed by atoms with Crippen LogP contribution in [0.1, 0.15) is 0 Å². The second-order valence-electron chi connectivity index (χ2n) is 1.77. The Hall–Kier alpha value is -1.76. The van der Waals surface area contributed by atoms with Gasteiger partial charge in [-0.1, -0.05) is 0 Å². The summed E-state index contributed by atoms with van der Waals surface area (Å²) in [5, 5.41) is 0. The Morgan fingerprint density at radius 2 is 1.18 bits per heavy atom. The third-order valence-electron chi connectivity index (χ3n) is 1.02. The average Bonchev–Trinajstić information content (AvgIpc) is 1.82. The average molecular weight is 158 g/mol. The van der Waals surface area contributed by atoms with Gasteiger partial charge in [-0.2, -0.15) is 9.97 Å². The lowest BCUT2D eigenvalue weighted by Gasteiger charge is -2.01. The van der Waals surface area contributed by atoms with E-state index in [0.29, 0.717) is 0 Å². The first-order valence-electron chi connectivity index (χ1n) is 2.55. The van der Waals surface area contributed by atoms with Gasteiger partial charge in [-0.05, 0) is 0 Å². The minimum absolute atomic E-state index is 0. The molecule has 1 aromatic rings. The molecule has 0 aliphatic heterocycles. The van der Waals surface area contributed by atoms with Crippen LogP contribution in [0.2, 0.25) is 0 Å². The predicted octanol–water partition coefficient (Wildman–Crippen LogP) is -2.02. The number of hydrogen-bond donors (Lipinski definition) is 4. The van der Waals surface area contributed by atoms with Crippen LogP contribution in [-0.2, 0) is 0 Å². The van der Waals surface area contributed by atoms with Gasteiger partial charge < -0.3 is 28.4 Å². The highest BCUT2D eigenvalue weighted by atomic mass is 16.0. The number of aromatic nitrogens is 2. The number of nitrogen functional groups attached to an aromatic ring is 4. The van der Waals surface area contributed by atoms with Crippen LogP contribution >= 0.6 is 0 Å². The van der Waals surface area contributed by atoms with Crippen LogP contribution in [0.15, 0.2) is 0 Å². The number of rotatable bonds is 0. The summed E-state index contributed by atoms with van der Waals surface area (Å²) in [6.07, 6.45) is 0. The van der Waals surface area contributed by atoms with Crippen LogP contribution in [0, 0.1) is 0 Å². The molecule has 0 aliphatic carbocycles. The highest BCUT2D eigenvalue weighted by molar-refractivity contribution is 5.71. The van der Waals surface area contributed by atoms with Gasteiger partial charge in [-0.3, -0.25) is 0 Å². The molecule has 7 nitrogen and oxygen atoms in total. The summed E-state index contributed by atoms with van der Waals surface area (Å²) in [4.78, 5) is 7.15. The van der Waals surface area contributed by atoms with E-state index in [2.05, 4.69) is 9.97 Å². The largest absolute Gasteiger partial charge is 0.412 e. The van der Waals surface area contributed by atoms with Gasteiger partial charge >= 0.3 is 0 Å². The van der Waals surface area contributed by atoms with Crippen LogP contribution < -0.4 is 22.9 Å². The minimum atomic E-state index is 0. The van der Waals surface area contributed by atoms with Crippen LogP contribution in [0.25, 0.3) is 0 Å². The Morgan fingerprint density at radius 3 is 1.55 bits per heavy atom. The molecule has 0 fully saturated rings. The van der Waals surface area contributed by atoms with Crippen molar-refractivity contribution in [3.8, 4) is 0 Å². The normalized spacial score (nSPS) is 8.73.